The lowest BCUT2D eigenvalue weighted by Crippen LogP contribution is -2.22. The first-order valence-corrected chi connectivity index (χ1v) is 5.87. The number of allylic oxidation sites excluding steroid dienone is 1. The van der Waals surface area contributed by atoms with Crippen molar-refractivity contribution in [2.24, 2.45) is 0 Å². The maximum absolute atomic E-state index is 8.68. The van der Waals surface area contributed by atoms with E-state index in [0.29, 0.717) is 19.8 Å². The first kappa shape index (κ1) is 15.6. The Hall–Kier alpha value is -0.420. The van der Waals surface area contributed by atoms with Crippen molar-refractivity contribution in [2.45, 2.75) is 31.8 Å². The molecular formula is C12H24O4. The van der Waals surface area contributed by atoms with Crippen LogP contribution >= 0.6 is 0 Å². The molecule has 4 heteroatoms. The average Bonchev–Trinajstić information content (AvgIpc) is 2.31. The molecule has 0 amide bonds. The summed E-state index contributed by atoms with van der Waals surface area (Å²) < 4.78 is 10.7. The predicted octanol–water partition coefficient (Wildman–Crippen LogP) is 1.12. The third-order valence-corrected chi connectivity index (χ3v) is 2.17. The second-order valence-corrected chi connectivity index (χ2v) is 3.59. The van der Waals surface area contributed by atoms with Crippen LogP contribution in [-0.4, -0.2) is 49.4 Å². The number of aliphatic hydroxyl groups excluding tert-OH is 2. The van der Waals surface area contributed by atoms with E-state index in [0.717, 1.165) is 25.7 Å². The summed E-state index contributed by atoms with van der Waals surface area (Å²) in [6, 6.07) is 0. The Morgan fingerprint density at radius 2 is 1.88 bits per heavy atom. The zero-order chi connectivity index (χ0) is 12.1. The summed E-state index contributed by atoms with van der Waals surface area (Å²) >= 11 is 0. The molecule has 0 spiro atoms. The lowest BCUT2D eigenvalue weighted by Gasteiger charge is -2.17. The summed E-state index contributed by atoms with van der Waals surface area (Å²) in [5.41, 5.74) is 0. The standard InChI is InChI=1S/C12H24O4/c1-2-3-4-5-6-12(16-10-8-14)11-15-9-7-13/h2,12-14H,1,3-11H2. The van der Waals surface area contributed by atoms with E-state index in [1.165, 1.54) is 0 Å². The molecule has 0 saturated carbocycles. The molecule has 0 aliphatic heterocycles. The van der Waals surface area contributed by atoms with E-state index in [9.17, 15) is 0 Å². The van der Waals surface area contributed by atoms with Crippen molar-refractivity contribution < 1.29 is 19.7 Å². The van der Waals surface area contributed by atoms with Gasteiger partial charge in [-0.1, -0.05) is 12.5 Å². The lowest BCUT2D eigenvalue weighted by atomic mass is 10.1. The van der Waals surface area contributed by atoms with Crippen LogP contribution in [-0.2, 0) is 9.47 Å². The van der Waals surface area contributed by atoms with Gasteiger partial charge >= 0.3 is 0 Å². The third-order valence-electron chi connectivity index (χ3n) is 2.17. The molecule has 0 aliphatic carbocycles. The van der Waals surface area contributed by atoms with E-state index in [1.54, 1.807) is 0 Å². The highest BCUT2D eigenvalue weighted by Gasteiger charge is 2.08. The van der Waals surface area contributed by atoms with E-state index in [1.807, 2.05) is 6.08 Å². The maximum Gasteiger partial charge on any atom is 0.0809 e. The van der Waals surface area contributed by atoms with Crippen molar-refractivity contribution in [2.75, 3.05) is 33.0 Å². The van der Waals surface area contributed by atoms with Gasteiger partial charge in [0.05, 0.1) is 39.1 Å². The van der Waals surface area contributed by atoms with Crippen LogP contribution in [0.5, 0.6) is 0 Å². The van der Waals surface area contributed by atoms with E-state index in [4.69, 9.17) is 19.7 Å². The second-order valence-electron chi connectivity index (χ2n) is 3.59. The number of aliphatic hydroxyl groups is 2. The molecule has 0 heterocycles. The van der Waals surface area contributed by atoms with Crippen molar-refractivity contribution in [3.8, 4) is 0 Å². The molecule has 0 radical (unpaired) electrons. The van der Waals surface area contributed by atoms with Gasteiger partial charge in [0.1, 0.15) is 0 Å². The van der Waals surface area contributed by atoms with Gasteiger partial charge in [0.15, 0.2) is 0 Å². The Balaban J connectivity index is 3.58. The number of ether oxygens (including phenoxy) is 2. The topological polar surface area (TPSA) is 58.9 Å². The van der Waals surface area contributed by atoms with Crippen molar-refractivity contribution in [3.05, 3.63) is 12.7 Å². The molecule has 0 rings (SSSR count). The van der Waals surface area contributed by atoms with Gasteiger partial charge in [-0.25, -0.2) is 0 Å². The summed E-state index contributed by atoms with van der Waals surface area (Å²) in [4.78, 5) is 0. The summed E-state index contributed by atoms with van der Waals surface area (Å²) in [7, 11) is 0. The number of unbranched alkanes of at least 4 members (excludes halogenated alkanes) is 2. The van der Waals surface area contributed by atoms with Crippen LogP contribution in [0.25, 0.3) is 0 Å². The van der Waals surface area contributed by atoms with E-state index in [-0.39, 0.29) is 19.3 Å². The summed E-state index contributed by atoms with van der Waals surface area (Å²) in [6.07, 6.45) is 6.02. The Morgan fingerprint density at radius 3 is 2.50 bits per heavy atom. The summed E-state index contributed by atoms with van der Waals surface area (Å²) in [6.45, 7) is 4.89. The van der Waals surface area contributed by atoms with E-state index < -0.39 is 0 Å². The van der Waals surface area contributed by atoms with Gasteiger partial charge < -0.3 is 19.7 Å². The van der Waals surface area contributed by atoms with Crippen molar-refractivity contribution in [3.63, 3.8) is 0 Å². The fraction of sp³-hybridized carbons (Fsp3) is 0.833. The molecule has 2 N–H and O–H groups in total. The van der Waals surface area contributed by atoms with Gasteiger partial charge in [0.2, 0.25) is 0 Å². The van der Waals surface area contributed by atoms with Gasteiger partial charge in [-0.15, -0.1) is 6.58 Å². The van der Waals surface area contributed by atoms with Crippen molar-refractivity contribution in [1.82, 2.24) is 0 Å². The lowest BCUT2D eigenvalue weighted by molar-refractivity contribution is -0.0375. The number of hydrogen-bond donors (Lipinski definition) is 2. The molecule has 0 aliphatic rings. The minimum atomic E-state index is 0.0171. The molecule has 1 unspecified atom stereocenters. The SMILES string of the molecule is C=CCCCCC(COCCO)OCCO. The molecule has 16 heavy (non-hydrogen) atoms. The smallest absolute Gasteiger partial charge is 0.0809 e. The molecule has 0 aromatic rings. The first-order valence-electron chi connectivity index (χ1n) is 5.87. The monoisotopic (exact) mass is 232 g/mol. The highest BCUT2D eigenvalue weighted by atomic mass is 16.5. The van der Waals surface area contributed by atoms with Crippen LogP contribution in [0.4, 0.5) is 0 Å². The highest BCUT2D eigenvalue weighted by Crippen LogP contribution is 2.08. The van der Waals surface area contributed by atoms with Gasteiger partial charge in [0, 0.05) is 0 Å². The Labute approximate surface area is 97.9 Å². The molecule has 0 aromatic heterocycles. The van der Waals surface area contributed by atoms with Crippen LogP contribution in [0.2, 0.25) is 0 Å². The number of rotatable bonds is 12. The highest BCUT2D eigenvalue weighted by molar-refractivity contribution is 4.67. The molecule has 4 nitrogen and oxygen atoms in total. The number of hydrogen-bond acceptors (Lipinski definition) is 4. The van der Waals surface area contributed by atoms with E-state index >= 15 is 0 Å². The summed E-state index contributed by atoms with van der Waals surface area (Å²) in [5.74, 6) is 0. The van der Waals surface area contributed by atoms with Gasteiger partial charge in [-0.3, -0.25) is 0 Å². The quantitative estimate of drug-likeness (QED) is 0.391. The molecule has 96 valence electrons. The molecule has 0 saturated heterocycles. The maximum atomic E-state index is 8.68. The minimum Gasteiger partial charge on any atom is -0.394 e. The van der Waals surface area contributed by atoms with E-state index in [2.05, 4.69) is 6.58 Å². The molecule has 0 aromatic carbocycles. The van der Waals surface area contributed by atoms with Crippen LogP contribution in [0.15, 0.2) is 12.7 Å². The Bertz CT molecular complexity index is 150. The average molecular weight is 232 g/mol. The molecule has 1 atom stereocenters. The van der Waals surface area contributed by atoms with Crippen LogP contribution in [0.1, 0.15) is 25.7 Å². The van der Waals surface area contributed by atoms with Crippen molar-refractivity contribution in [1.29, 1.82) is 0 Å². The van der Waals surface area contributed by atoms with Gasteiger partial charge in [0.25, 0.3) is 0 Å². The fourth-order valence-corrected chi connectivity index (χ4v) is 1.37. The van der Waals surface area contributed by atoms with Crippen LogP contribution < -0.4 is 0 Å². The second kappa shape index (κ2) is 12.6. The first-order chi connectivity index (χ1) is 7.85. The zero-order valence-corrected chi connectivity index (χ0v) is 9.94. The fourth-order valence-electron chi connectivity index (χ4n) is 1.37. The van der Waals surface area contributed by atoms with Crippen LogP contribution in [0, 0.1) is 0 Å². The third kappa shape index (κ3) is 10.1. The Morgan fingerprint density at radius 1 is 1.12 bits per heavy atom. The molecule has 0 bridgehead atoms. The largest absolute Gasteiger partial charge is 0.394 e. The minimum absolute atomic E-state index is 0.0171. The Kier molecular flexibility index (Phi) is 12.3. The zero-order valence-electron chi connectivity index (χ0n) is 9.94. The normalized spacial score (nSPS) is 12.6. The molecular weight excluding hydrogens is 208 g/mol. The predicted molar refractivity (Wildman–Crippen MR) is 63.4 cm³/mol. The van der Waals surface area contributed by atoms with Crippen LogP contribution in [0.3, 0.4) is 0 Å². The molecule has 0 fully saturated rings. The van der Waals surface area contributed by atoms with Gasteiger partial charge in [-0.05, 0) is 19.3 Å². The van der Waals surface area contributed by atoms with Gasteiger partial charge in [-0.2, -0.15) is 0 Å². The summed E-state index contributed by atoms with van der Waals surface area (Å²) in [5, 5.41) is 17.3. The van der Waals surface area contributed by atoms with Crippen molar-refractivity contribution >= 4 is 0 Å².